The maximum absolute atomic E-state index is 12.3. The van der Waals surface area contributed by atoms with Gasteiger partial charge >= 0.3 is 0 Å². The highest BCUT2D eigenvalue weighted by molar-refractivity contribution is 5.97. The minimum atomic E-state index is -1.30. The van der Waals surface area contributed by atoms with Gasteiger partial charge in [0.2, 0.25) is 5.91 Å². The van der Waals surface area contributed by atoms with Crippen molar-refractivity contribution < 1.29 is 24.7 Å². The Morgan fingerprint density at radius 3 is 1.89 bits per heavy atom. The zero-order valence-corrected chi connectivity index (χ0v) is 19.3. The standard InChI is InChI=1S/C25H30N4O5.CH4/c1-15(2)14-21(26)24(32)27-20-12-8-18(9-13-20)5-4-17-6-10-19(11-7-17)23(31)28-22(16(3)30)25(33)29-34;/h6-13,15-16,21-22,30,34H,14,26H2,1-3H3,(H,27,32)(H,28,31)(H,29,33);1H4/t16-,21+,22+;/m1./s1. The molecule has 0 radical (unpaired) electrons. The Balaban J connectivity index is 0.00000612. The quantitative estimate of drug-likeness (QED) is 0.192. The average molecular weight is 483 g/mol. The van der Waals surface area contributed by atoms with Gasteiger partial charge in [-0.1, -0.05) is 33.1 Å². The zero-order valence-electron chi connectivity index (χ0n) is 19.3. The van der Waals surface area contributed by atoms with Crippen molar-refractivity contribution in [3.8, 4) is 11.8 Å². The molecule has 2 aromatic carbocycles. The van der Waals surface area contributed by atoms with Crippen LogP contribution in [0.25, 0.3) is 0 Å². The third-order valence-electron chi connectivity index (χ3n) is 4.87. The summed E-state index contributed by atoms with van der Waals surface area (Å²) in [7, 11) is 0. The van der Waals surface area contributed by atoms with Gasteiger partial charge in [-0.3, -0.25) is 19.6 Å². The molecule has 0 aromatic heterocycles. The normalized spacial score (nSPS) is 12.8. The van der Waals surface area contributed by atoms with Crippen LogP contribution in [0.5, 0.6) is 0 Å². The van der Waals surface area contributed by atoms with Crippen LogP contribution < -0.4 is 21.8 Å². The first-order valence-corrected chi connectivity index (χ1v) is 10.8. The van der Waals surface area contributed by atoms with Crippen molar-refractivity contribution in [1.82, 2.24) is 10.8 Å². The molecule has 2 aromatic rings. The van der Waals surface area contributed by atoms with Crippen molar-refractivity contribution in [2.75, 3.05) is 5.32 Å². The smallest absolute Gasteiger partial charge is 0.268 e. The number of nitrogens with one attached hydrogen (secondary N) is 3. The first-order valence-electron chi connectivity index (χ1n) is 10.8. The Labute approximate surface area is 206 Å². The predicted octanol–water partition coefficient (Wildman–Crippen LogP) is 2.02. The molecule has 0 saturated carbocycles. The summed E-state index contributed by atoms with van der Waals surface area (Å²) in [6.45, 7) is 5.34. The highest BCUT2D eigenvalue weighted by Crippen LogP contribution is 2.11. The lowest BCUT2D eigenvalue weighted by molar-refractivity contribution is -0.133. The molecule has 9 nitrogen and oxygen atoms in total. The van der Waals surface area contributed by atoms with Crippen LogP contribution in [0.3, 0.4) is 0 Å². The molecule has 35 heavy (non-hydrogen) atoms. The van der Waals surface area contributed by atoms with Crippen molar-refractivity contribution in [3.05, 3.63) is 65.2 Å². The van der Waals surface area contributed by atoms with Gasteiger partial charge < -0.3 is 21.5 Å². The lowest BCUT2D eigenvalue weighted by atomic mass is 10.0. The van der Waals surface area contributed by atoms with Gasteiger partial charge in [-0.05, 0) is 67.8 Å². The fourth-order valence-electron chi connectivity index (χ4n) is 3.04. The highest BCUT2D eigenvalue weighted by atomic mass is 16.5. The van der Waals surface area contributed by atoms with Crippen molar-refractivity contribution in [2.24, 2.45) is 11.7 Å². The second-order valence-corrected chi connectivity index (χ2v) is 8.30. The molecule has 7 N–H and O–H groups in total. The first kappa shape index (κ1) is 29.3. The van der Waals surface area contributed by atoms with E-state index >= 15 is 0 Å². The largest absolute Gasteiger partial charge is 0.391 e. The zero-order chi connectivity index (χ0) is 25.3. The maximum Gasteiger partial charge on any atom is 0.268 e. The number of anilines is 1. The molecular formula is C26H34N4O5. The molecule has 188 valence electrons. The van der Waals surface area contributed by atoms with E-state index < -0.39 is 30.0 Å². The number of hydrogen-bond acceptors (Lipinski definition) is 6. The molecule has 0 saturated heterocycles. The van der Waals surface area contributed by atoms with E-state index in [1.807, 2.05) is 13.8 Å². The third-order valence-corrected chi connectivity index (χ3v) is 4.87. The summed E-state index contributed by atoms with van der Waals surface area (Å²) >= 11 is 0. The van der Waals surface area contributed by atoms with E-state index in [0.29, 0.717) is 23.6 Å². The Kier molecular flexibility index (Phi) is 11.6. The highest BCUT2D eigenvalue weighted by Gasteiger charge is 2.25. The molecule has 3 atom stereocenters. The lowest BCUT2D eigenvalue weighted by Gasteiger charge is -2.19. The molecule has 0 aliphatic rings. The molecule has 0 spiro atoms. The number of hydroxylamine groups is 1. The van der Waals surface area contributed by atoms with Crippen LogP contribution in [0, 0.1) is 17.8 Å². The number of benzene rings is 2. The van der Waals surface area contributed by atoms with Gasteiger partial charge in [0.15, 0.2) is 0 Å². The monoisotopic (exact) mass is 482 g/mol. The van der Waals surface area contributed by atoms with E-state index in [-0.39, 0.29) is 18.9 Å². The molecule has 0 aliphatic carbocycles. The van der Waals surface area contributed by atoms with Gasteiger partial charge in [-0.15, -0.1) is 0 Å². The summed E-state index contributed by atoms with van der Waals surface area (Å²) in [5.74, 6) is 4.59. The second-order valence-electron chi connectivity index (χ2n) is 8.30. The van der Waals surface area contributed by atoms with Crippen LogP contribution in [0.15, 0.2) is 48.5 Å². The molecule has 0 fully saturated rings. The van der Waals surface area contributed by atoms with Crippen molar-refractivity contribution >= 4 is 23.4 Å². The number of rotatable bonds is 8. The number of carbonyl (C=O) groups is 3. The van der Waals surface area contributed by atoms with E-state index in [4.69, 9.17) is 10.9 Å². The lowest BCUT2D eigenvalue weighted by Crippen LogP contribution is -2.51. The molecule has 0 aliphatic heterocycles. The third kappa shape index (κ3) is 9.22. The van der Waals surface area contributed by atoms with E-state index in [2.05, 4.69) is 22.5 Å². The van der Waals surface area contributed by atoms with E-state index in [0.717, 1.165) is 5.56 Å². The fourth-order valence-corrected chi connectivity index (χ4v) is 3.04. The summed E-state index contributed by atoms with van der Waals surface area (Å²) in [6, 6.07) is 11.6. The van der Waals surface area contributed by atoms with Gasteiger partial charge in [-0.25, -0.2) is 5.48 Å². The summed E-state index contributed by atoms with van der Waals surface area (Å²) in [5, 5.41) is 23.5. The van der Waals surface area contributed by atoms with E-state index in [1.54, 1.807) is 36.4 Å². The Morgan fingerprint density at radius 1 is 0.914 bits per heavy atom. The first-order chi connectivity index (χ1) is 16.1. The van der Waals surface area contributed by atoms with Crippen LogP contribution in [0.4, 0.5) is 5.69 Å². The Morgan fingerprint density at radius 2 is 1.43 bits per heavy atom. The number of aliphatic hydroxyl groups is 1. The van der Waals surface area contributed by atoms with Crippen molar-refractivity contribution in [3.63, 3.8) is 0 Å². The molecule has 2 rings (SSSR count). The summed E-state index contributed by atoms with van der Waals surface area (Å²) in [6.07, 6.45) is -0.590. The number of amides is 3. The SMILES string of the molecule is C.CC(C)C[C@H](N)C(=O)Nc1ccc(C#Cc2ccc(C(=O)N[C@H](C(=O)NO)[C@@H](C)O)cc2)cc1. The topological polar surface area (TPSA) is 154 Å². The van der Waals surface area contributed by atoms with Gasteiger partial charge in [0, 0.05) is 22.4 Å². The van der Waals surface area contributed by atoms with Gasteiger partial charge in [0.05, 0.1) is 12.1 Å². The minimum Gasteiger partial charge on any atom is -0.391 e. The van der Waals surface area contributed by atoms with Gasteiger partial charge in [0.1, 0.15) is 6.04 Å². The predicted molar refractivity (Wildman–Crippen MR) is 135 cm³/mol. The number of nitrogens with two attached hydrogens (primary N) is 1. The summed E-state index contributed by atoms with van der Waals surface area (Å²) < 4.78 is 0. The number of carbonyl (C=O) groups excluding carboxylic acids is 3. The van der Waals surface area contributed by atoms with E-state index in [9.17, 15) is 19.5 Å². The molecule has 9 heteroatoms. The molecule has 0 unspecified atom stereocenters. The minimum absolute atomic E-state index is 0. The van der Waals surface area contributed by atoms with Crippen LogP contribution >= 0.6 is 0 Å². The molecule has 3 amide bonds. The number of aliphatic hydroxyl groups excluding tert-OH is 1. The van der Waals surface area contributed by atoms with Crippen molar-refractivity contribution in [2.45, 2.75) is 52.8 Å². The van der Waals surface area contributed by atoms with Gasteiger partial charge in [-0.2, -0.15) is 0 Å². The van der Waals surface area contributed by atoms with Gasteiger partial charge in [0.25, 0.3) is 11.8 Å². The fraction of sp³-hybridized carbons (Fsp3) is 0.346. The van der Waals surface area contributed by atoms with E-state index in [1.165, 1.54) is 24.5 Å². The number of hydrogen-bond donors (Lipinski definition) is 6. The summed E-state index contributed by atoms with van der Waals surface area (Å²) in [5.41, 5.74) is 9.60. The maximum atomic E-state index is 12.3. The van der Waals surface area contributed by atoms with Crippen LogP contribution in [-0.4, -0.2) is 46.2 Å². The molecular weight excluding hydrogens is 448 g/mol. The van der Waals surface area contributed by atoms with Crippen LogP contribution in [0.2, 0.25) is 0 Å². The Bertz CT molecular complexity index is 1050. The molecule has 0 heterocycles. The van der Waals surface area contributed by atoms with Crippen molar-refractivity contribution in [1.29, 1.82) is 0 Å². The Hall–Kier alpha value is -3.71. The average Bonchev–Trinajstić information content (AvgIpc) is 2.81. The second kappa shape index (κ2) is 13.9. The summed E-state index contributed by atoms with van der Waals surface area (Å²) in [4.78, 5) is 36.0. The van der Waals surface area contributed by atoms with Crippen LogP contribution in [-0.2, 0) is 9.59 Å². The van der Waals surface area contributed by atoms with Crippen LogP contribution in [0.1, 0.15) is 56.1 Å². The molecule has 0 bridgehead atoms.